The van der Waals surface area contributed by atoms with Crippen LogP contribution in [0.15, 0.2) is 47.1 Å². The number of ether oxygens (including phenoxy) is 1. The first kappa shape index (κ1) is 16.0. The number of methoxy groups -OCH3 is 1. The van der Waals surface area contributed by atoms with E-state index in [4.69, 9.17) is 9.15 Å². The van der Waals surface area contributed by atoms with E-state index in [-0.39, 0.29) is 6.03 Å². The van der Waals surface area contributed by atoms with Gasteiger partial charge in [0.15, 0.2) is 0 Å². The molecule has 8 heteroatoms. The number of furan rings is 1. The van der Waals surface area contributed by atoms with Gasteiger partial charge in [0.05, 0.1) is 19.9 Å². The Morgan fingerprint density at radius 2 is 2.21 bits per heavy atom. The number of carbonyl (C=O) groups excluding carboxylic acids is 1. The van der Waals surface area contributed by atoms with Gasteiger partial charge in [0.2, 0.25) is 5.13 Å². The second-order valence-electron chi connectivity index (χ2n) is 4.92. The predicted molar refractivity (Wildman–Crippen MR) is 90.3 cm³/mol. The summed E-state index contributed by atoms with van der Waals surface area (Å²) in [6.07, 6.45) is 2.19. The molecule has 0 unspecified atom stereocenters. The topological polar surface area (TPSA) is 89.3 Å². The van der Waals surface area contributed by atoms with Gasteiger partial charge in [-0.25, -0.2) is 4.79 Å². The Kier molecular flexibility index (Phi) is 5.07. The molecule has 0 saturated carbocycles. The molecule has 0 atom stereocenters. The molecule has 1 aromatic carbocycles. The first-order valence-corrected chi connectivity index (χ1v) is 8.07. The number of carbonyl (C=O) groups is 1. The maximum Gasteiger partial charge on any atom is 0.321 e. The van der Waals surface area contributed by atoms with Crippen molar-refractivity contribution in [2.24, 2.45) is 0 Å². The van der Waals surface area contributed by atoms with E-state index in [9.17, 15) is 4.79 Å². The summed E-state index contributed by atoms with van der Waals surface area (Å²) in [7, 11) is 1.63. The normalized spacial score (nSPS) is 10.4. The Hall–Kier alpha value is -2.87. The number of rotatable bonds is 6. The van der Waals surface area contributed by atoms with Gasteiger partial charge in [0, 0.05) is 6.42 Å². The van der Waals surface area contributed by atoms with Crippen LogP contribution in [-0.2, 0) is 13.0 Å². The van der Waals surface area contributed by atoms with E-state index in [1.807, 2.05) is 24.3 Å². The van der Waals surface area contributed by atoms with Gasteiger partial charge in [-0.05, 0) is 29.8 Å². The van der Waals surface area contributed by atoms with Crippen molar-refractivity contribution >= 4 is 22.5 Å². The number of nitrogens with one attached hydrogen (secondary N) is 2. The van der Waals surface area contributed by atoms with Gasteiger partial charge >= 0.3 is 6.03 Å². The van der Waals surface area contributed by atoms with Crippen LogP contribution < -0.4 is 15.4 Å². The summed E-state index contributed by atoms with van der Waals surface area (Å²) >= 11 is 1.33. The Labute approximate surface area is 142 Å². The highest BCUT2D eigenvalue weighted by Crippen LogP contribution is 2.20. The third kappa shape index (κ3) is 4.32. The van der Waals surface area contributed by atoms with E-state index in [1.165, 1.54) is 11.3 Å². The summed E-state index contributed by atoms with van der Waals surface area (Å²) in [5.41, 5.74) is 1.07. The molecule has 0 saturated heterocycles. The molecule has 3 aromatic rings. The molecular weight excluding hydrogens is 328 g/mol. The van der Waals surface area contributed by atoms with Crippen molar-refractivity contribution in [3.8, 4) is 5.75 Å². The van der Waals surface area contributed by atoms with Crippen molar-refractivity contribution < 1.29 is 13.9 Å². The third-order valence-corrected chi connectivity index (χ3v) is 4.02. The molecule has 124 valence electrons. The lowest BCUT2D eigenvalue weighted by molar-refractivity contribution is 0.251. The molecule has 2 amide bonds. The summed E-state index contributed by atoms with van der Waals surface area (Å²) in [6.45, 7) is 0.314. The minimum Gasteiger partial charge on any atom is -0.497 e. The molecule has 0 fully saturated rings. The summed E-state index contributed by atoms with van der Waals surface area (Å²) in [4.78, 5) is 11.8. The van der Waals surface area contributed by atoms with Gasteiger partial charge in [-0.1, -0.05) is 23.5 Å². The number of hydrogen-bond acceptors (Lipinski definition) is 6. The molecule has 0 aliphatic carbocycles. The Morgan fingerprint density at radius 3 is 3.00 bits per heavy atom. The van der Waals surface area contributed by atoms with Gasteiger partial charge in [-0.2, -0.15) is 0 Å². The fourth-order valence-electron chi connectivity index (χ4n) is 2.05. The van der Waals surface area contributed by atoms with Crippen molar-refractivity contribution in [2.45, 2.75) is 13.0 Å². The number of urea groups is 1. The van der Waals surface area contributed by atoms with Gasteiger partial charge < -0.3 is 14.5 Å². The van der Waals surface area contributed by atoms with Gasteiger partial charge in [0.1, 0.15) is 16.5 Å². The summed E-state index contributed by atoms with van der Waals surface area (Å²) < 4.78 is 10.3. The van der Waals surface area contributed by atoms with Crippen LogP contribution in [-0.4, -0.2) is 23.3 Å². The molecule has 7 nitrogen and oxygen atoms in total. The molecule has 0 aliphatic rings. The highest BCUT2D eigenvalue weighted by molar-refractivity contribution is 7.15. The van der Waals surface area contributed by atoms with E-state index in [1.54, 1.807) is 25.5 Å². The molecule has 24 heavy (non-hydrogen) atoms. The zero-order valence-corrected chi connectivity index (χ0v) is 13.8. The summed E-state index contributed by atoms with van der Waals surface area (Å²) in [6, 6.07) is 11.0. The highest BCUT2D eigenvalue weighted by Gasteiger charge is 2.09. The fraction of sp³-hybridized carbons (Fsp3) is 0.188. The number of anilines is 1. The van der Waals surface area contributed by atoms with E-state index >= 15 is 0 Å². The Bertz CT molecular complexity index is 801. The molecule has 3 rings (SSSR count). The van der Waals surface area contributed by atoms with Crippen LogP contribution in [0.5, 0.6) is 5.75 Å². The average molecular weight is 344 g/mol. The van der Waals surface area contributed by atoms with E-state index in [2.05, 4.69) is 20.8 Å². The van der Waals surface area contributed by atoms with Crippen LogP contribution in [0.1, 0.15) is 16.3 Å². The van der Waals surface area contributed by atoms with E-state index in [0.29, 0.717) is 23.9 Å². The van der Waals surface area contributed by atoms with Crippen LogP contribution in [0.3, 0.4) is 0 Å². The number of hydrogen-bond donors (Lipinski definition) is 2. The van der Waals surface area contributed by atoms with Crippen LogP contribution in [0.2, 0.25) is 0 Å². The highest BCUT2D eigenvalue weighted by atomic mass is 32.1. The van der Waals surface area contributed by atoms with Crippen molar-refractivity contribution in [1.82, 2.24) is 15.5 Å². The van der Waals surface area contributed by atoms with Crippen molar-refractivity contribution in [1.29, 1.82) is 0 Å². The molecule has 0 bridgehead atoms. The second-order valence-corrected chi connectivity index (χ2v) is 5.98. The second kappa shape index (κ2) is 7.60. The monoisotopic (exact) mass is 344 g/mol. The minimum absolute atomic E-state index is 0.314. The standard InChI is InChI=1S/C16H16N4O3S/c1-22-12-5-2-4-11(8-12)9-14-19-20-16(24-14)18-15(21)17-10-13-6-3-7-23-13/h2-8H,9-10H2,1H3,(H2,17,18,20,21). The van der Waals surface area contributed by atoms with Gasteiger partial charge in [-0.3, -0.25) is 5.32 Å². The molecule has 0 spiro atoms. The zero-order valence-electron chi connectivity index (χ0n) is 13.0. The molecule has 0 radical (unpaired) electrons. The molecule has 2 heterocycles. The first-order valence-electron chi connectivity index (χ1n) is 7.25. The van der Waals surface area contributed by atoms with Crippen LogP contribution in [0.25, 0.3) is 0 Å². The third-order valence-electron chi connectivity index (χ3n) is 3.18. The summed E-state index contributed by atoms with van der Waals surface area (Å²) in [5, 5.41) is 14.7. The van der Waals surface area contributed by atoms with Crippen molar-refractivity contribution in [3.05, 3.63) is 59.0 Å². The van der Waals surface area contributed by atoms with Crippen molar-refractivity contribution in [2.75, 3.05) is 12.4 Å². The SMILES string of the molecule is COc1cccc(Cc2nnc(NC(=O)NCc3ccco3)s2)c1. The molecule has 2 N–H and O–H groups in total. The number of aromatic nitrogens is 2. The van der Waals surface area contributed by atoms with Crippen LogP contribution in [0, 0.1) is 0 Å². The van der Waals surface area contributed by atoms with Crippen molar-refractivity contribution in [3.63, 3.8) is 0 Å². The van der Waals surface area contributed by atoms with Gasteiger partial charge in [-0.15, -0.1) is 10.2 Å². The smallest absolute Gasteiger partial charge is 0.321 e. The average Bonchev–Trinajstić information content (AvgIpc) is 3.25. The van der Waals surface area contributed by atoms with Crippen LogP contribution >= 0.6 is 11.3 Å². The Balaban J connectivity index is 1.53. The molecular formula is C16H16N4O3S. The maximum atomic E-state index is 11.8. The predicted octanol–water partition coefficient (Wildman–Crippen LogP) is 3.05. The van der Waals surface area contributed by atoms with E-state index < -0.39 is 0 Å². The number of nitrogens with zero attached hydrogens (tertiary/aromatic N) is 2. The maximum absolute atomic E-state index is 11.8. The zero-order chi connectivity index (χ0) is 16.8. The lowest BCUT2D eigenvalue weighted by Gasteiger charge is -2.02. The van der Waals surface area contributed by atoms with E-state index in [0.717, 1.165) is 16.3 Å². The lowest BCUT2D eigenvalue weighted by Crippen LogP contribution is -2.27. The minimum atomic E-state index is -0.351. The largest absolute Gasteiger partial charge is 0.497 e. The number of benzene rings is 1. The van der Waals surface area contributed by atoms with Gasteiger partial charge in [0.25, 0.3) is 0 Å². The molecule has 0 aliphatic heterocycles. The number of amides is 2. The first-order chi connectivity index (χ1) is 11.7. The lowest BCUT2D eigenvalue weighted by atomic mass is 10.1. The fourth-order valence-corrected chi connectivity index (χ4v) is 2.82. The summed E-state index contributed by atoms with van der Waals surface area (Å²) in [5.74, 6) is 1.48. The Morgan fingerprint density at radius 1 is 1.29 bits per heavy atom. The quantitative estimate of drug-likeness (QED) is 0.717. The molecule has 2 aromatic heterocycles. The van der Waals surface area contributed by atoms with Crippen LogP contribution in [0.4, 0.5) is 9.93 Å².